The number of rotatable bonds is 4. The topological polar surface area (TPSA) is 12.0 Å². The molecule has 0 saturated heterocycles. The van der Waals surface area contributed by atoms with Crippen LogP contribution >= 0.6 is 0 Å². The molecular weight excluding hydrogens is 263 g/mol. The SMILES string of the molecule is CCCC1CCC(NC2CCCC(C(F)(F)F)C2)CC1. The zero-order valence-electron chi connectivity index (χ0n) is 12.5. The van der Waals surface area contributed by atoms with E-state index in [2.05, 4.69) is 12.2 Å². The van der Waals surface area contributed by atoms with E-state index in [1.807, 2.05) is 0 Å². The molecule has 2 atom stereocenters. The van der Waals surface area contributed by atoms with E-state index in [0.717, 1.165) is 25.2 Å². The van der Waals surface area contributed by atoms with Crippen LogP contribution in [0.5, 0.6) is 0 Å². The summed E-state index contributed by atoms with van der Waals surface area (Å²) in [7, 11) is 0. The molecule has 0 bridgehead atoms. The van der Waals surface area contributed by atoms with Crippen LogP contribution in [0.1, 0.15) is 71.1 Å². The van der Waals surface area contributed by atoms with Gasteiger partial charge in [-0.2, -0.15) is 13.2 Å². The van der Waals surface area contributed by atoms with Crippen molar-refractivity contribution in [1.29, 1.82) is 0 Å². The van der Waals surface area contributed by atoms with E-state index in [9.17, 15) is 13.2 Å². The largest absolute Gasteiger partial charge is 0.391 e. The van der Waals surface area contributed by atoms with E-state index in [4.69, 9.17) is 0 Å². The molecule has 2 rings (SSSR count). The molecule has 118 valence electrons. The lowest BCUT2D eigenvalue weighted by Crippen LogP contribution is -2.44. The predicted octanol–water partition coefficient (Wildman–Crippen LogP) is 5.06. The van der Waals surface area contributed by atoms with E-state index in [1.54, 1.807) is 0 Å². The molecule has 2 saturated carbocycles. The summed E-state index contributed by atoms with van der Waals surface area (Å²) >= 11 is 0. The maximum Gasteiger partial charge on any atom is 0.391 e. The number of hydrogen-bond acceptors (Lipinski definition) is 1. The first-order valence-electron chi connectivity index (χ1n) is 8.31. The van der Waals surface area contributed by atoms with Crippen LogP contribution < -0.4 is 5.32 Å². The van der Waals surface area contributed by atoms with E-state index in [1.165, 1.54) is 25.7 Å². The molecule has 0 aromatic heterocycles. The Bertz CT molecular complexity index is 282. The fourth-order valence-corrected chi connectivity index (χ4v) is 4.00. The third kappa shape index (κ3) is 4.64. The number of hydrogen-bond donors (Lipinski definition) is 1. The molecule has 0 aliphatic heterocycles. The Morgan fingerprint density at radius 1 is 0.950 bits per heavy atom. The van der Waals surface area contributed by atoms with Gasteiger partial charge >= 0.3 is 6.18 Å². The minimum atomic E-state index is -4.00. The Labute approximate surface area is 120 Å². The van der Waals surface area contributed by atoms with Crippen molar-refractivity contribution < 1.29 is 13.2 Å². The van der Waals surface area contributed by atoms with Gasteiger partial charge in [-0.1, -0.05) is 26.2 Å². The third-order valence-electron chi connectivity index (χ3n) is 5.15. The van der Waals surface area contributed by atoms with Crippen LogP contribution in [0.15, 0.2) is 0 Å². The lowest BCUT2D eigenvalue weighted by molar-refractivity contribution is -0.184. The van der Waals surface area contributed by atoms with Crippen LogP contribution in [0.2, 0.25) is 0 Å². The van der Waals surface area contributed by atoms with Crippen LogP contribution in [-0.4, -0.2) is 18.3 Å². The molecule has 2 aliphatic carbocycles. The summed E-state index contributed by atoms with van der Waals surface area (Å²) in [5, 5.41) is 3.52. The highest BCUT2D eigenvalue weighted by molar-refractivity contribution is 4.86. The zero-order valence-corrected chi connectivity index (χ0v) is 12.5. The van der Waals surface area contributed by atoms with E-state index < -0.39 is 12.1 Å². The van der Waals surface area contributed by atoms with Gasteiger partial charge in [-0.15, -0.1) is 0 Å². The normalized spacial score (nSPS) is 36.0. The average Bonchev–Trinajstić information content (AvgIpc) is 2.41. The Morgan fingerprint density at radius 2 is 1.65 bits per heavy atom. The standard InChI is InChI=1S/C16H28F3N/c1-2-4-12-7-9-14(10-8-12)20-15-6-3-5-13(11-15)16(17,18)19/h12-15,20H,2-11H2,1H3. The summed E-state index contributed by atoms with van der Waals surface area (Å²) in [4.78, 5) is 0. The summed E-state index contributed by atoms with van der Waals surface area (Å²) < 4.78 is 38.4. The second-order valence-corrected chi connectivity index (χ2v) is 6.78. The molecule has 0 heterocycles. The molecule has 2 fully saturated rings. The van der Waals surface area contributed by atoms with Crippen LogP contribution in [-0.2, 0) is 0 Å². The molecule has 2 aliphatic rings. The van der Waals surface area contributed by atoms with Gasteiger partial charge in [-0.3, -0.25) is 0 Å². The van der Waals surface area contributed by atoms with Gasteiger partial charge in [0.1, 0.15) is 0 Å². The second-order valence-electron chi connectivity index (χ2n) is 6.78. The van der Waals surface area contributed by atoms with E-state index in [0.29, 0.717) is 25.3 Å². The van der Waals surface area contributed by atoms with Crippen molar-refractivity contribution >= 4 is 0 Å². The highest BCUT2D eigenvalue weighted by Gasteiger charge is 2.42. The monoisotopic (exact) mass is 291 g/mol. The zero-order chi connectivity index (χ0) is 14.6. The van der Waals surface area contributed by atoms with Crippen LogP contribution in [0.25, 0.3) is 0 Å². The second kappa shape index (κ2) is 7.15. The molecule has 1 nitrogen and oxygen atoms in total. The summed E-state index contributed by atoms with van der Waals surface area (Å²) in [6.45, 7) is 2.23. The summed E-state index contributed by atoms with van der Waals surface area (Å²) in [5.41, 5.74) is 0. The highest BCUT2D eigenvalue weighted by Crippen LogP contribution is 2.38. The van der Waals surface area contributed by atoms with Crippen molar-refractivity contribution in [3.8, 4) is 0 Å². The quantitative estimate of drug-likeness (QED) is 0.763. The predicted molar refractivity (Wildman–Crippen MR) is 75.6 cm³/mol. The van der Waals surface area contributed by atoms with Crippen molar-refractivity contribution in [3.05, 3.63) is 0 Å². The molecule has 0 spiro atoms. The van der Waals surface area contributed by atoms with Crippen molar-refractivity contribution in [2.24, 2.45) is 11.8 Å². The van der Waals surface area contributed by atoms with E-state index >= 15 is 0 Å². The van der Waals surface area contributed by atoms with Gasteiger partial charge in [0.25, 0.3) is 0 Å². The number of nitrogens with one attached hydrogen (secondary N) is 1. The van der Waals surface area contributed by atoms with Gasteiger partial charge in [0.2, 0.25) is 0 Å². The molecule has 20 heavy (non-hydrogen) atoms. The first-order chi connectivity index (χ1) is 9.49. The fourth-order valence-electron chi connectivity index (χ4n) is 4.00. The van der Waals surface area contributed by atoms with Crippen LogP contribution in [0.4, 0.5) is 13.2 Å². The first kappa shape index (κ1) is 16.1. The van der Waals surface area contributed by atoms with Gasteiger partial charge in [0.05, 0.1) is 5.92 Å². The summed E-state index contributed by atoms with van der Waals surface area (Å²) in [5.74, 6) is -0.225. The molecule has 0 radical (unpaired) electrons. The maximum absolute atomic E-state index is 12.8. The maximum atomic E-state index is 12.8. The molecule has 2 unspecified atom stereocenters. The first-order valence-corrected chi connectivity index (χ1v) is 8.31. The molecular formula is C16H28F3N. The summed E-state index contributed by atoms with van der Waals surface area (Å²) in [6.07, 6.45) is 5.61. The van der Waals surface area contributed by atoms with Crippen molar-refractivity contribution in [2.75, 3.05) is 0 Å². The van der Waals surface area contributed by atoms with Gasteiger partial charge in [-0.25, -0.2) is 0 Å². The van der Waals surface area contributed by atoms with Gasteiger partial charge < -0.3 is 5.32 Å². The fraction of sp³-hybridized carbons (Fsp3) is 1.00. The molecule has 0 aromatic carbocycles. The van der Waals surface area contributed by atoms with E-state index in [-0.39, 0.29) is 6.04 Å². The Morgan fingerprint density at radius 3 is 2.25 bits per heavy atom. The molecule has 0 amide bonds. The number of alkyl halides is 3. The minimum Gasteiger partial charge on any atom is -0.311 e. The van der Waals surface area contributed by atoms with Crippen LogP contribution in [0.3, 0.4) is 0 Å². The molecule has 1 N–H and O–H groups in total. The van der Waals surface area contributed by atoms with Crippen LogP contribution in [0, 0.1) is 11.8 Å². The molecule has 4 heteroatoms. The summed E-state index contributed by atoms with van der Waals surface area (Å²) in [6, 6.07) is 0.545. The average molecular weight is 291 g/mol. The Hall–Kier alpha value is -0.250. The van der Waals surface area contributed by atoms with Gasteiger partial charge in [0.15, 0.2) is 0 Å². The lowest BCUT2D eigenvalue weighted by atomic mass is 9.81. The number of halogens is 3. The van der Waals surface area contributed by atoms with Crippen molar-refractivity contribution in [3.63, 3.8) is 0 Å². The Balaban J connectivity index is 1.74. The Kier molecular flexibility index (Phi) is 5.76. The third-order valence-corrected chi connectivity index (χ3v) is 5.15. The van der Waals surface area contributed by atoms with Gasteiger partial charge in [-0.05, 0) is 50.9 Å². The van der Waals surface area contributed by atoms with Gasteiger partial charge in [0, 0.05) is 12.1 Å². The molecule has 0 aromatic rings. The minimum absolute atomic E-state index is 0.0862. The lowest BCUT2D eigenvalue weighted by Gasteiger charge is -2.36. The van der Waals surface area contributed by atoms with Crippen molar-refractivity contribution in [2.45, 2.75) is 89.4 Å². The van der Waals surface area contributed by atoms with Crippen molar-refractivity contribution in [1.82, 2.24) is 5.32 Å². The smallest absolute Gasteiger partial charge is 0.311 e. The highest BCUT2D eigenvalue weighted by atomic mass is 19.4.